The molecule has 10 heteroatoms. The van der Waals surface area contributed by atoms with Gasteiger partial charge in [0, 0.05) is 32.5 Å². The van der Waals surface area contributed by atoms with E-state index in [2.05, 4.69) is 30.7 Å². The number of amides is 1. The number of carbonyl (C=O) groups is 1. The number of fused-ring (bicyclic) bond motifs is 1. The van der Waals surface area contributed by atoms with Gasteiger partial charge in [-0.3, -0.25) is 4.79 Å². The molecule has 2 aromatic rings. The lowest BCUT2D eigenvalue weighted by molar-refractivity contribution is -0.129. The minimum atomic E-state index is -0.536. The first kappa shape index (κ1) is 24.0. The molecule has 3 N–H and O–H groups in total. The second kappa shape index (κ2) is 9.28. The number of carbonyl (C=O) groups excluding carboxylic acids is 1. The maximum atomic E-state index is 13.7. The Kier molecular flexibility index (Phi) is 6.76. The number of anilines is 1. The van der Waals surface area contributed by atoms with Crippen LogP contribution in [0.25, 0.3) is 0 Å². The molecule has 0 aliphatic carbocycles. The Bertz CT molecular complexity index is 1180. The maximum Gasteiger partial charge on any atom is 0.262 e. The van der Waals surface area contributed by atoms with Gasteiger partial charge in [-0.15, -0.1) is 0 Å². The monoisotopic (exact) mass is 550 g/mol. The first-order valence-electron chi connectivity index (χ1n) is 10.3. The lowest BCUT2D eigenvalue weighted by Crippen LogP contribution is -2.43. The molecule has 0 saturated carbocycles. The molecule has 6 nitrogen and oxygen atoms in total. The second-order valence-electron chi connectivity index (χ2n) is 8.96. The summed E-state index contributed by atoms with van der Waals surface area (Å²) in [6.07, 6.45) is 1.96. The summed E-state index contributed by atoms with van der Waals surface area (Å²) in [4.78, 5) is 19.9. The van der Waals surface area contributed by atoms with E-state index in [0.29, 0.717) is 10.3 Å². The smallest absolute Gasteiger partial charge is 0.262 e. The van der Waals surface area contributed by atoms with E-state index in [1.165, 1.54) is 18.0 Å². The summed E-state index contributed by atoms with van der Waals surface area (Å²) >= 11 is 4.72. The lowest BCUT2D eigenvalue weighted by Gasteiger charge is -2.35. The van der Waals surface area contributed by atoms with Gasteiger partial charge in [0.25, 0.3) is 5.91 Å². The van der Waals surface area contributed by atoms with Crippen LogP contribution in [0.15, 0.2) is 57.2 Å². The van der Waals surface area contributed by atoms with Crippen molar-refractivity contribution in [2.75, 3.05) is 11.0 Å². The van der Waals surface area contributed by atoms with Gasteiger partial charge in [0.2, 0.25) is 0 Å². The zero-order chi connectivity index (χ0) is 23.9. The molecule has 0 bridgehead atoms. The maximum absolute atomic E-state index is 13.7. The summed E-state index contributed by atoms with van der Waals surface area (Å²) in [5, 5.41) is 15.5. The molecule has 0 spiro atoms. The quantitative estimate of drug-likeness (QED) is 0.343. The second-order valence-corrected chi connectivity index (χ2v) is 11.5. The molecule has 0 saturated heterocycles. The highest BCUT2D eigenvalue weighted by Crippen LogP contribution is 2.39. The molecule has 2 atom stereocenters. The van der Waals surface area contributed by atoms with Crippen molar-refractivity contribution in [1.82, 2.24) is 9.99 Å². The van der Waals surface area contributed by atoms with Crippen molar-refractivity contribution in [3.63, 3.8) is 0 Å². The molecule has 2 heterocycles. The van der Waals surface area contributed by atoms with Crippen LogP contribution in [0.1, 0.15) is 26.3 Å². The van der Waals surface area contributed by atoms with Crippen LogP contribution in [0.4, 0.5) is 15.8 Å². The number of amidine groups is 1. The number of aliphatic imine (C=N–C) groups is 1. The van der Waals surface area contributed by atoms with Crippen LogP contribution < -0.4 is 15.1 Å². The number of hydrogen-bond acceptors (Lipinski definition) is 6. The van der Waals surface area contributed by atoms with E-state index in [0.717, 1.165) is 22.2 Å². The highest BCUT2D eigenvalue weighted by Gasteiger charge is 2.47. The molecule has 2 aliphatic rings. The van der Waals surface area contributed by atoms with Crippen LogP contribution in [0.5, 0.6) is 0 Å². The van der Waals surface area contributed by atoms with Crippen LogP contribution in [0, 0.1) is 11.2 Å². The number of halogens is 2. The molecule has 2 aliphatic heterocycles. The van der Waals surface area contributed by atoms with Crippen molar-refractivity contribution in [2.24, 2.45) is 10.4 Å². The highest BCUT2D eigenvalue weighted by atomic mass is 79.9. The van der Waals surface area contributed by atoms with E-state index >= 15 is 0 Å². The molecule has 1 amide bonds. The number of nitrogens with one attached hydrogen (secondary N) is 2. The predicted molar refractivity (Wildman–Crippen MR) is 139 cm³/mol. The van der Waals surface area contributed by atoms with Crippen LogP contribution in [-0.4, -0.2) is 34.0 Å². The summed E-state index contributed by atoms with van der Waals surface area (Å²) in [6.45, 7) is 6.17. The van der Waals surface area contributed by atoms with Gasteiger partial charge in [-0.2, -0.15) is 0 Å². The van der Waals surface area contributed by atoms with Crippen molar-refractivity contribution in [3.05, 3.63) is 63.6 Å². The third-order valence-electron chi connectivity index (χ3n) is 5.46. The number of rotatable bonds is 5. The average Bonchev–Trinajstić information content (AvgIpc) is 3.00. The van der Waals surface area contributed by atoms with E-state index < -0.39 is 11.5 Å². The molecule has 2 unspecified atom stereocenters. The van der Waals surface area contributed by atoms with Crippen molar-refractivity contribution in [1.29, 1.82) is 0 Å². The van der Waals surface area contributed by atoms with Gasteiger partial charge in [-0.1, -0.05) is 38.8 Å². The van der Waals surface area contributed by atoms with Crippen molar-refractivity contribution >= 4 is 65.0 Å². The molecular weight excluding hydrogens is 526 g/mol. The van der Waals surface area contributed by atoms with E-state index in [9.17, 15) is 14.3 Å². The van der Waals surface area contributed by atoms with Gasteiger partial charge in [-0.05, 0) is 57.2 Å². The first-order chi connectivity index (χ1) is 15.6. The molecule has 4 rings (SSSR count). The largest absolute Gasteiger partial charge is 0.509 e. The zero-order valence-electron chi connectivity index (χ0n) is 18.7. The topological polar surface area (TPSA) is 77.0 Å². The number of hydrogen-bond donors (Lipinski definition) is 3. The van der Waals surface area contributed by atoms with Gasteiger partial charge in [0.15, 0.2) is 0 Å². The summed E-state index contributed by atoms with van der Waals surface area (Å²) in [7, 11) is 0.207. The average molecular weight is 551 g/mol. The Hall–Kier alpha value is -2.09. The van der Waals surface area contributed by atoms with Gasteiger partial charge >= 0.3 is 0 Å². The van der Waals surface area contributed by atoms with Crippen LogP contribution in [-0.2, 0) is 11.3 Å². The standard InChI is InChI=1S/C23H25BrFN4O2PS/c1-23(2,3)20-19(30)18(22(31)29(20)11-12-5-7-15(25)14(24)9-12)21-26-16-8-6-13(28-33-4)10-17(16)32-27-21/h5-10,20,28,30,32H,11H2,1-4H3,(H,26,27). The molecule has 0 fully saturated rings. The Morgan fingerprint density at radius 2 is 2.06 bits per heavy atom. The molecule has 33 heavy (non-hydrogen) atoms. The lowest BCUT2D eigenvalue weighted by atomic mass is 9.85. The summed E-state index contributed by atoms with van der Waals surface area (Å²) in [5.41, 5.74) is 2.29. The van der Waals surface area contributed by atoms with Gasteiger partial charge in [0.1, 0.15) is 23.0 Å². The van der Waals surface area contributed by atoms with Crippen molar-refractivity contribution in [3.8, 4) is 0 Å². The molecule has 2 aromatic carbocycles. The minimum Gasteiger partial charge on any atom is -0.509 e. The number of aliphatic hydroxyl groups excluding tert-OH is 1. The normalized spacial score (nSPS) is 19.0. The van der Waals surface area contributed by atoms with Gasteiger partial charge in [0.05, 0.1) is 16.2 Å². The Labute approximate surface area is 207 Å². The van der Waals surface area contributed by atoms with Crippen LogP contribution in [0.3, 0.4) is 0 Å². The molecule has 174 valence electrons. The first-order valence-corrected chi connectivity index (χ1v) is 13.3. The van der Waals surface area contributed by atoms with Crippen LogP contribution >= 0.6 is 36.6 Å². The summed E-state index contributed by atoms with van der Waals surface area (Å²) in [5.74, 6) is -0.273. The van der Waals surface area contributed by atoms with Gasteiger partial charge < -0.3 is 19.8 Å². The van der Waals surface area contributed by atoms with E-state index in [1.54, 1.807) is 17.0 Å². The SMILES string of the molecule is CSNc1ccc2c(c1)PNC(C1=C(O)C(C(C)(C)C)N(Cc3ccc(F)c(Br)c3)C1=O)=N2. The summed E-state index contributed by atoms with van der Waals surface area (Å²) < 4.78 is 17.2. The van der Waals surface area contributed by atoms with Crippen LogP contribution in [0.2, 0.25) is 0 Å². The van der Waals surface area contributed by atoms with Crippen molar-refractivity contribution < 1.29 is 14.3 Å². The fourth-order valence-electron chi connectivity index (χ4n) is 4.06. The third kappa shape index (κ3) is 4.77. The third-order valence-corrected chi connectivity index (χ3v) is 7.54. The fraction of sp³-hybridized carbons (Fsp3) is 0.304. The molecular formula is C23H25BrFN4O2PS. The molecule has 0 radical (unpaired) electrons. The van der Waals surface area contributed by atoms with E-state index in [1.807, 2.05) is 45.2 Å². The van der Waals surface area contributed by atoms with Gasteiger partial charge in [-0.25, -0.2) is 9.38 Å². The zero-order valence-corrected chi connectivity index (χ0v) is 22.1. The summed E-state index contributed by atoms with van der Waals surface area (Å²) in [6, 6.07) is 10.0. The Morgan fingerprint density at radius 3 is 2.73 bits per heavy atom. The van der Waals surface area contributed by atoms with Crippen molar-refractivity contribution in [2.45, 2.75) is 33.4 Å². The Balaban J connectivity index is 1.70. The minimum absolute atomic E-state index is 0.00819. The van der Waals surface area contributed by atoms with E-state index in [4.69, 9.17) is 0 Å². The van der Waals surface area contributed by atoms with E-state index in [-0.39, 0.29) is 38.3 Å². The predicted octanol–water partition coefficient (Wildman–Crippen LogP) is 5.40. The fourth-order valence-corrected chi connectivity index (χ4v) is 5.78. The number of nitrogens with zero attached hydrogens (tertiary/aromatic N) is 2. The molecule has 0 aromatic heterocycles. The Morgan fingerprint density at radius 1 is 1.30 bits per heavy atom. The number of aliphatic hydroxyl groups is 1. The number of benzene rings is 2. The highest BCUT2D eigenvalue weighted by molar-refractivity contribution is 9.10.